The minimum Gasteiger partial charge on any atom is -0.354 e. The van der Waals surface area contributed by atoms with E-state index in [0.717, 1.165) is 34.0 Å². The van der Waals surface area contributed by atoms with E-state index in [0.29, 0.717) is 13.1 Å². The van der Waals surface area contributed by atoms with Gasteiger partial charge in [0, 0.05) is 29.9 Å². The fraction of sp³-hybridized carbons (Fsp3) is 0.310. The third-order valence-corrected chi connectivity index (χ3v) is 6.51. The normalized spacial score (nSPS) is 11.8. The fourth-order valence-electron chi connectivity index (χ4n) is 4.04. The Balaban J connectivity index is 1.88. The van der Waals surface area contributed by atoms with Crippen LogP contribution in [-0.2, 0) is 16.1 Å². The van der Waals surface area contributed by atoms with Gasteiger partial charge in [-0.05, 0) is 42.2 Å². The highest BCUT2D eigenvalue weighted by Crippen LogP contribution is 2.29. The SMILES string of the molecule is CCCCNC(=O)C(C)N(Cc1cccc(Br)c1)C(=O)CC(c1ccccc1)c1ccccc1. The van der Waals surface area contributed by atoms with E-state index in [2.05, 4.69) is 52.4 Å². The van der Waals surface area contributed by atoms with Crippen molar-refractivity contribution in [2.45, 2.75) is 51.6 Å². The van der Waals surface area contributed by atoms with E-state index < -0.39 is 6.04 Å². The molecule has 34 heavy (non-hydrogen) atoms. The average Bonchev–Trinajstić information content (AvgIpc) is 2.86. The molecule has 0 radical (unpaired) electrons. The summed E-state index contributed by atoms with van der Waals surface area (Å²) >= 11 is 3.52. The van der Waals surface area contributed by atoms with Crippen molar-refractivity contribution in [3.8, 4) is 0 Å². The standard InChI is InChI=1S/C29H33BrN2O2/c1-3-4-18-31-29(34)22(2)32(21-23-12-11-17-26(30)19-23)28(33)20-27(24-13-7-5-8-14-24)25-15-9-6-10-16-25/h5-17,19,22,27H,3-4,18,20-21H2,1-2H3,(H,31,34). The Kier molecular flexibility index (Phi) is 9.89. The number of amides is 2. The first-order chi connectivity index (χ1) is 16.5. The van der Waals surface area contributed by atoms with E-state index in [1.54, 1.807) is 4.90 Å². The van der Waals surface area contributed by atoms with Gasteiger partial charge in [0.1, 0.15) is 6.04 Å². The molecule has 0 bridgehead atoms. The maximum absolute atomic E-state index is 13.8. The van der Waals surface area contributed by atoms with Gasteiger partial charge in [0.15, 0.2) is 0 Å². The summed E-state index contributed by atoms with van der Waals surface area (Å²) in [6, 6.07) is 27.5. The van der Waals surface area contributed by atoms with Crippen LogP contribution in [0, 0.1) is 0 Å². The Bertz CT molecular complexity index is 1020. The summed E-state index contributed by atoms with van der Waals surface area (Å²) in [5.41, 5.74) is 3.15. The first-order valence-corrected chi connectivity index (χ1v) is 12.7. The number of hydrogen-bond acceptors (Lipinski definition) is 2. The van der Waals surface area contributed by atoms with Gasteiger partial charge in [-0.15, -0.1) is 0 Å². The molecule has 4 nitrogen and oxygen atoms in total. The third kappa shape index (κ3) is 7.29. The Morgan fingerprint density at radius 3 is 2.09 bits per heavy atom. The molecule has 0 saturated carbocycles. The molecule has 1 atom stereocenters. The number of hydrogen-bond donors (Lipinski definition) is 1. The summed E-state index contributed by atoms with van der Waals surface area (Å²) in [7, 11) is 0. The molecule has 0 aliphatic carbocycles. The molecule has 0 heterocycles. The van der Waals surface area contributed by atoms with Crippen molar-refractivity contribution in [3.05, 3.63) is 106 Å². The first kappa shape index (κ1) is 25.7. The lowest BCUT2D eigenvalue weighted by Gasteiger charge is -2.30. The molecule has 5 heteroatoms. The second kappa shape index (κ2) is 13.1. The molecule has 178 valence electrons. The van der Waals surface area contributed by atoms with Gasteiger partial charge < -0.3 is 10.2 Å². The summed E-state index contributed by atoms with van der Waals surface area (Å²) in [4.78, 5) is 28.4. The molecular weight excluding hydrogens is 488 g/mol. The van der Waals surface area contributed by atoms with Crippen LogP contribution >= 0.6 is 15.9 Å². The molecule has 2 amide bonds. The molecule has 0 spiro atoms. The summed E-state index contributed by atoms with van der Waals surface area (Å²) in [5, 5.41) is 2.99. The summed E-state index contributed by atoms with van der Waals surface area (Å²) in [6.07, 6.45) is 2.21. The molecule has 0 saturated heterocycles. The lowest BCUT2D eigenvalue weighted by atomic mass is 9.88. The number of carbonyl (C=O) groups excluding carboxylic acids is 2. The van der Waals surface area contributed by atoms with E-state index in [1.807, 2.05) is 67.6 Å². The van der Waals surface area contributed by atoms with Gasteiger partial charge in [-0.25, -0.2) is 0 Å². The molecule has 3 aromatic carbocycles. The van der Waals surface area contributed by atoms with Gasteiger partial charge in [0.2, 0.25) is 11.8 Å². The fourth-order valence-corrected chi connectivity index (χ4v) is 4.49. The Labute approximate surface area is 211 Å². The number of nitrogens with one attached hydrogen (secondary N) is 1. The summed E-state index contributed by atoms with van der Waals surface area (Å²) in [5.74, 6) is -0.251. The van der Waals surface area contributed by atoms with Crippen LogP contribution < -0.4 is 5.32 Å². The van der Waals surface area contributed by atoms with Crippen molar-refractivity contribution in [2.24, 2.45) is 0 Å². The smallest absolute Gasteiger partial charge is 0.242 e. The zero-order valence-electron chi connectivity index (χ0n) is 19.9. The van der Waals surface area contributed by atoms with Gasteiger partial charge in [-0.1, -0.05) is 102 Å². The van der Waals surface area contributed by atoms with E-state index in [9.17, 15) is 9.59 Å². The molecule has 3 rings (SSSR count). The number of unbranched alkanes of at least 4 members (excludes halogenated alkanes) is 1. The first-order valence-electron chi connectivity index (χ1n) is 11.9. The summed E-state index contributed by atoms with van der Waals surface area (Å²) < 4.78 is 0.948. The average molecular weight is 521 g/mol. The molecule has 1 unspecified atom stereocenters. The molecule has 1 N–H and O–H groups in total. The lowest BCUT2D eigenvalue weighted by Crippen LogP contribution is -2.48. The van der Waals surface area contributed by atoms with Crippen molar-refractivity contribution in [2.75, 3.05) is 6.54 Å². The van der Waals surface area contributed by atoms with Gasteiger partial charge in [-0.3, -0.25) is 9.59 Å². The van der Waals surface area contributed by atoms with Crippen LogP contribution in [0.1, 0.15) is 55.7 Å². The van der Waals surface area contributed by atoms with Crippen molar-refractivity contribution < 1.29 is 9.59 Å². The van der Waals surface area contributed by atoms with Crippen molar-refractivity contribution in [1.29, 1.82) is 0 Å². The van der Waals surface area contributed by atoms with E-state index in [1.165, 1.54) is 0 Å². The van der Waals surface area contributed by atoms with Crippen molar-refractivity contribution >= 4 is 27.7 Å². The zero-order chi connectivity index (χ0) is 24.3. The van der Waals surface area contributed by atoms with Crippen LogP contribution in [0.5, 0.6) is 0 Å². The van der Waals surface area contributed by atoms with Gasteiger partial charge >= 0.3 is 0 Å². The molecule has 0 aromatic heterocycles. The van der Waals surface area contributed by atoms with E-state index in [-0.39, 0.29) is 24.2 Å². The largest absolute Gasteiger partial charge is 0.354 e. The second-order valence-corrected chi connectivity index (χ2v) is 9.47. The Morgan fingerprint density at radius 1 is 0.912 bits per heavy atom. The second-order valence-electron chi connectivity index (χ2n) is 8.55. The van der Waals surface area contributed by atoms with E-state index in [4.69, 9.17) is 0 Å². The van der Waals surface area contributed by atoms with Crippen LogP contribution in [-0.4, -0.2) is 29.3 Å². The molecule has 3 aromatic rings. The summed E-state index contributed by atoms with van der Waals surface area (Å²) in [6.45, 7) is 4.90. The minimum atomic E-state index is -0.574. The topological polar surface area (TPSA) is 49.4 Å². The Hall–Kier alpha value is -2.92. The van der Waals surface area contributed by atoms with Gasteiger partial charge in [0.05, 0.1) is 0 Å². The van der Waals surface area contributed by atoms with Crippen LogP contribution in [0.25, 0.3) is 0 Å². The van der Waals surface area contributed by atoms with Crippen molar-refractivity contribution in [3.63, 3.8) is 0 Å². The highest BCUT2D eigenvalue weighted by atomic mass is 79.9. The number of halogens is 1. The monoisotopic (exact) mass is 520 g/mol. The minimum absolute atomic E-state index is 0.0455. The van der Waals surface area contributed by atoms with E-state index >= 15 is 0 Å². The lowest BCUT2D eigenvalue weighted by molar-refractivity contribution is -0.140. The number of carbonyl (C=O) groups is 2. The molecule has 0 aliphatic rings. The third-order valence-electron chi connectivity index (χ3n) is 6.02. The highest BCUT2D eigenvalue weighted by molar-refractivity contribution is 9.10. The quantitative estimate of drug-likeness (QED) is 0.301. The molecule has 0 aliphatic heterocycles. The molecular formula is C29H33BrN2O2. The van der Waals surface area contributed by atoms with Crippen molar-refractivity contribution in [1.82, 2.24) is 10.2 Å². The maximum Gasteiger partial charge on any atom is 0.242 e. The Morgan fingerprint density at radius 2 is 1.53 bits per heavy atom. The highest BCUT2D eigenvalue weighted by Gasteiger charge is 2.29. The van der Waals surface area contributed by atoms with Gasteiger partial charge in [-0.2, -0.15) is 0 Å². The number of benzene rings is 3. The maximum atomic E-state index is 13.8. The zero-order valence-corrected chi connectivity index (χ0v) is 21.5. The number of rotatable bonds is 11. The number of nitrogens with zero attached hydrogens (tertiary/aromatic N) is 1. The van der Waals surface area contributed by atoms with Crippen LogP contribution in [0.3, 0.4) is 0 Å². The molecule has 0 fully saturated rings. The van der Waals surface area contributed by atoms with Crippen LogP contribution in [0.4, 0.5) is 0 Å². The predicted octanol–water partition coefficient (Wildman–Crippen LogP) is 6.30. The predicted molar refractivity (Wildman–Crippen MR) is 141 cm³/mol. The van der Waals surface area contributed by atoms with Gasteiger partial charge in [0.25, 0.3) is 0 Å². The van der Waals surface area contributed by atoms with Crippen LogP contribution in [0.15, 0.2) is 89.4 Å². The van der Waals surface area contributed by atoms with Crippen LogP contribution in [0.2, 0.25) is 0 Å².